The molecule has 1 aromatic rings. The van der Waals surface area contributed by atoms with Crippen molar-refractivity contribution in [1.29, 1.82) is 0 Å². The Bertz CT molecular complexity index is 553. The van der Waals surface area contributed by atoms with Crippen LogP contribution >= 0.6 is 0 Å². The number of hydrogen-bond acceptors (Lipinski definition) is 3. The van der Waals surface area contributed by atoms with Gasteiger partial charge in [0.2, 0.25) is 10.0 Å². The average Bonchev–Trinajstić information content (AvgIpc) is 3.00. The minimum atomic E-state index is -3.40. The van der Waals surface area contributed by atoms with Gasteiger partial charge in [0.05, 0.1) is 12.0 Å². The van der Waals surface area contributed by atoms with Gasteiger partial charge in [-0.3, -0.25) is 0 Å². The van der Waals surface area contributed by atoms with Crippen molar-refractivity contribution in [2.24, 2.45) is 11.8 Å². The lowest BCUT2D eigenvalue weighted by Crippen LogP contribution is -2.38. The van der Waals surface area contributed by atoms with Gasteiger partial charge < -0.3 is 4.74 Å². The van der Waals surface area contributed by atoms with Gasteiger partial charge in [-0.2, -0.15) is 0 Å². The molecule has 0 radical (unpaired) electrons. The Hall–Kier alpha value is -1.07. The molecule has 2 aliphatic rings. The van der Waals surface area contributed by atoms with E-state index in [1.165, 1.54) is 19.3 Å². The molecule has 3 atom stereocenters. The smallest absolute Gasteiger partial charge is 0.240 e. The van der Waals surface area contributed by atoms with E-state index in [9.17, 15) is 8.42 Å². The van der Waals surface area contributed by atoms with Crippen molar-refractivity contribution in [3.05, 3.63) is 24.3 Å². The molecule has 0 aromatic heterocycles. The van der Waals surface area contributed by atoms with E-state index in [2.05, 4.69) is 4.72 Å². The SMILES string of the molecule is COc1ccc(S(=O)(=O)N[C@@H]2C[C@H]3CC[C@@H]2C3)cc1. The molecule has 1 aromatic carbocycles. The largest absolute Gasteiger partial charge is 0.497 e. The first-order chi connectivity index (χ1) is 9.08. The normalized spacial score (nSPS) is 29.6. The number of nitrogens with one attached hydrogen (secondary N) is 1. The maximum atomic E-state index is 12.3. The quantitative estimate of drug-likeness (QED) is 0.920. The minimum absolute atomic E-state index is 0.130. The fourth-order valence-corrected chi connectivity index (χ4v) is 4.73. The van der Waals surface area contributed by atoms with Crippen LogP contribution in [0.2, 0.25) is 0 Å². The summed E-state index contributed by atoms with van der Waals surface area (Å²) < 4.78 is 32.5. The van der Waals surface area contributed by atoms with Gasteiger partial charge >= 0.3 is 0 Å². The van der Waals surface area contributed by atoms with E-state index >= 15 is 0 Å². The molecule has 104 valence electrons. The van der Waals surface area contributed by atoms with Crippen LogP contribution in [0.1, 0.15) is 25.7 Å². The molecular formula is C14H19NO3S. The van der Waals surface area contributed by atoms with Crippen LogP contribution in [0.3, 0.4) is 0 Å². The lowest BCUT2D eigenvalue weighted by atomic mass is 9.96. The zero-order chi connectivity index (χ0) is 13.5. The molecule has 0 unspecified atom stereocenters. The molecular weight excluding hydrogens is 262 g/mol. The second-order valence-electron chi connectivity index (χ2n) is 5.58. The van der Waals surface area contributed by atoms with Crippen LogP contribution in [-0.4, -0.2) is 21.6 Å². The second kappa shape index (κ2) is 4.80. The number of sulfonamides is 1. The van der Waals surface area contributed by atoms with E-state index in [0.29, 0.717) is 16.6 Å². The average molecular weight is 281 g/mol. The molecule has 1 N–H and O–H groups in total. The van der Waals surface area contributed by atoms with Crippen molar-refractivity contribution in [2.45, 2.75) is 36.6 Å². The number of ether oxygens (including phenoxy) is 1. The van der Waals surface area contributed by atoms with Crippen LogP contribution in [0.5, 0.6) is 5.75 Å². The number of hydrogen-bond donors (Lipinski definition) is 1. The maximum Gasteiger partial charge on any atom is 0.240 e. The molecule has 4 nitrogen and oxygen atoms in total. The Morgan fingerprint density at radius 3 is 2.42 bits per heavy atom. The highest BCUT2D eigenvalue weighted by Gasteiger charge is 2.41. The first-order valence-electron chi connectivity index (χ1n) is 6.75. The van der Waals surface area contributed by atoms with Gasteiger partial charge in [0.1, 0.15) is 5.75 Å². The standard InChI is InChI=1S/C14H19NO3S/c1-18-12-4-6-13(7-5-12)19(16,17)15-14-9-10-2-3-11(14)8-10/h4-7,10-11,14-15H,2-3,8-9H2,1H3/t10-,11+,14+/m0/s1. The van der Waals surface area contributed by atoms with Crippen molar-refractivity contribution < 1.29 is 13.2 Å². The third kappa shape index (κ3) is 2.49. The molecule has 3 rings (SSSR count). The lowest BCUT2D eigenvalue weighted by molar-refractivity contribution is 0.390. The van der Waals surface area contributed by atoms with E-state index in [1.54, 1.807) is 31.4 Å². The monoisotopic (exact) mass is 281 g/mol. The van der Waals surface area contributed by atoms with Crippen LogP contribution in [0.15, 0.2) is 29.2 Å². The van der Waals surface area contributed by atoms with Crippen LogP contribution < -0.4 is 9.46 Å². The van der Waals surface area contributed by atoms with Crippen molar-refractivity contribution in [2.75, 3.05) is 7.11 Å². The van der Waals surface area contributed by atoms with Crippen molar-refractivity contribution in [1.82, 2.24) is 4.72 Å². The maximum absolute atomic E-state index is 12.3. The van der Waals surface area contributed by atoms with Crippen LogP contribution in [0, 0.1) is 11.8 Å². The van der Waals surface area contributed by atoms with Crippen molar-refractivity contribution in [3.63, 3.8) is 0 Å². The number of benzene rings is 1. The molecule has 2 aliphatic carbocycles. The highest BCUT2D eigenvalue weighted by atomic mass is 32.2. The summed E-state index contributed by atoms with van der Waals surface area (Å²) in [6, 6.07) is 6.67. The zero-order valence-electron chi connectivity index (χ0n) is 11.0. The summed E-state index contributed by atoms with van der Waals surface area (Å²) in [6.45, 7) is 0. The van der Waals surface area contributed by atoms with Crippen molar-refractivity contribution in [3.8, 4) is 5.75 Å². The third-order valence-electron chi connectivity index (χ3n) is 4.41. The number of fused-ring (bicyclic) bond motifs is 2. The summed E-state index contributed by atoms with van der Waals surface area (Å²) in [6.07, 6.45) is 4.63. The Morgan fingerprint density at radius 1 is 1.16 bits per heavy atom. The van der Waals surface area contributed by atoms with Gasteiger partial charge in [0.25, 0.3) is 0 Å². The number of methoxy groups -OCH3 is 1. The van der Waals surface area contributed by atoms with Crippen LogP contribution in [0.4, 0.5) is 0 Å². The summed E-state index contributed by atoms with van der Waals surface area (Å²) in [5.74, 6) is 1.94. The van der Waals surface area contributed by atoms with Crippen LogP contribution in [-0.2, 0) is 10.0 Å². The van der Waals surface area contributed by atoms with E-state index in [4.69, 9.17) is 4.74 Å². The highest BCUT2D eigenvalue weighted by molar-refractivity contribution is 7.89. The molecule has 0 heterocycles. The zero-order valence-corrected chi connectivity index (χ0v) is 11.8. The summed E-state index contributed by atoms with van der Waals surface area (Å²) in [4.78, 5) is 0.316. The Kier molecular flexibility index (Phi) is 3.27. The molecule has 5 heteroatoms. The molecule has 2 saturated carbocycles. The Balaban J connectivity index is 1.75. The van der Waals surface area contributed by atoms with Crippen LogP contribution in [0.25, 0.3) is 0 Å². The molecule has 0 amide bonds. The van der Waals surface area contributed by atoms with Crippen molar-refractivity contribution >= 4 is 10.0 Å². The fourth-order valence-electron chi connectivity index (χ4n) is 3.41. The third-order valence-corrected chi connectivity index (χ3v) is 5.92. The summed E-state index contributed by atoms with van der Waals surface area (Å²) in [7, 11) is -1.83. The molecule has 0 aliphatic heterocycles. The Morgan fingerprint density at radius 2 is 1.89 bits per heavy atom. The van der Waals surface area contributed by atoms with Gasteiger partial charge in [0, 0.05) is 6.04 Å². The fraction of sp³-hybridized carbons (Fsp3) is 0.571. The van der Waals surface area contributed by atoms with E-state index < -0.39 is 10.0 Å². The van der Waals surface area contributed by atoms with E-state index in [0.717, 1.165) is 12.3 Å². The van der Waals surface area contributed by atoms with Gasteiger partial charge in [0.15, 0.2) is 0 Å². The predicted molar refractivity (Wildman–Crippen MR) is 72.6 cm³/mol. The second-order valence-corrected chi connectivity index (χ2v) is 7.29. The molecule has 2 bridgehead atoms. The van der Waals surface area contributed by atoms with Gasteiger partial charge in [-0.05, 0) is 55.4 Å². The molecule has 19 heavy (non-hydrogen) atoms. The highest BCUT2D eigenvalue weighted by Crippen LogP contribution is 2.44. The lowest BCUT2D eigenvalue weighted by Gasteiger charge is -2.22. The van der Waals surface area contributed by atoms with Gasteiger partial charge in [-0.1, -0.05) is 6.42 Å². The predicted octanol–water partition coefficient (Wildman–Crippen LogP) is 2.16. The van der Waals surface area contributed by atoms with E-state index in [-0.39, 0.29) is 6.04 Å². The summed E-state index contributed by atoms with van der Waals surface area (Å²) in [5.41, 5.74) is 0. The van der Waals surface area contributed by atoms with Gasteiger partial charge in [-0.15, -0.1) is 0 Å². The molecule has 2 fully saturated rings. The minimum Gasteiger partial charge on any atom is -0.497 e. The summed E-state index contributed by atoms with van der Waals surface area (Å²) >= 11 is 0. The molecule has 0 spiro atoms. The van der Waals surface area contributed by atoms with E-state index in [1.807, 2.05) is 0 Å². The first kappa shape index (κ1) is 12.9. The molecule has 0 saturated heterocycles. The first-order valence-corrected chi connectivity index (χ1v) is 8.23. The van der Waals surface area contributed by atoms with Gasteiger partial charge in [-0.25, -0.2) is 13.1 Å². The topological polar surface area (TPSA) is 55.4 Å². The Labute approximate surface area is 114 Å². The summed E-state index contributed by atoms with van der Waals surface area (Å²) in [5, 5.41) is 0. The number of rotatable bonds is 4.